The van der Waals surface area contributed by atoms with Crippen molar-refractivity contribution in [2.75, 3.05) is 0 Å². The second-order valence-corrected chi connectivity index (χ2v) is 6.40. The number of amides is 1. The van der Waals surface area contributed by atoms with E-state index < -0.39 is 0 Å². The highest BCUT2D eigenvalue weighted by Gasteiger charge is 2.19. The fraction of sp³-hybridized carbons (Fsp3) is 0.333. The molecule has 0 aliphatic rings. The Balaban J connectivity index is 1.98. The molecule has 6 heteroatoms. The average molecular weight is 399 g/mol. The van der Waals surface area contributed by atoms with E-state index in [2.05, 4.69) is 32.9 Å². The van der Waals surface area contributed by atoms with Crippen LogP contribution < -0.4 is 11.1 Å². The Morgan fingerprint density at radius 2 is 2.24 bits per heavy atom. The highest BCUT2D eigenvalue weighted by Crippen LogP contribution is 2.18. The van der Waals surface area contributed by atoms with Gasteiger partial charge in [-0.15, -0.1) is 0 Å². The topological polar surface area (TPSA) is 81.1 Å². The average Bonchev–Trinajstić information content (AvgIpc) is 2.93. The number of aromatic nitrogens is 1. The van der Waals surface area contributed by atoms with E-state index >= 15 is 0 Å². The number of carbonyl (C=O) groups is 1. The Bertz CT molecular complexity index is 625. The summed E-state index contributed by atoms with van der Waals surface area (Å²) in [6, 6.07) is 7.64. The molecule has 1 aromatic heterocycles. The van der Waals surface area contributed by atoms with Gasteiger partial charge in [0, 0.05) is 10.1 Å². The van der Waals surface area contributed by atoms with Gasteiger partial charge in [-0.2, -0.15) is 0 Å². The van der Waals surface area contributed by atoms with Crippen molar-refractivity contribution >= 4 is 28.5 Å². The number of nitrogens with two attached hydrogens (primary N) is 1. The summed E-state index contributed by atoms with van der Waals surface area (Å²) in [5.41, 5.74) is 7.24. The van der Waals surface area contributed by atoms with Gasteiger partial charge >= 0.3 is 0 Å². The molecule has 0 bridgehead atoms. The van der Waals surface area contributed by atoms with Crippen LogP contribution in [0.5, 0.6) is 0 Å². The number of hydrogen-bond donors (Lipinski definition) is 2. The van der Waals surface area contributed by atoms with Crippen molar-refractivity contribution in [2.45, 2.75) is 26.4 Å². The van der Waals surface area contributed by atoms with Crippen LogP contribution in [0.15, 0.2) is 34.9 Å². The van der Waals surface area contributed by atoms with Gasteiger partial charge in [0.05, 0.1) is 6.04 Å². The minimum absolute atomic E-state index is 0.200. The van der Waals surface area contributed by atoms with Crippen molar-refractivity contribution in [1.29, 1.82) is 0 Å². The first-order valence-corrected chi connectivity index (χ1v) is 7.79. The molecular formula is C15H18IN3O2. The summed E-state index contributed by atoms with van der Waals surface area (Å²) < 4.78 is 6.41. The molecule has 1 amide bonds. The normalized spacial score (nSPS) is 12.4. The lowest BCUT2D eigenvalue weighted by Crippen LogP contribution is -2.23. The highest BCUT2D eigenvalue weighted by atomic mass is 127. The van der Waals surface area contributed by atoms with Crippen LogP contribution in [0.1, 0.15) is 41.8 Å². The predicted molar refractivity (Wildman–Crippen MR) is 88.6 cm³/mol. The number of carbonyl (C=O) groups excluding carboxylic acids is 1. The number of oxazole rings is 1. The second-order valence-electron chi connectivity index (χ2n) is 5.15. The monoisotopic (exact) mass is 399 g/mol. The molecule has 2 rings (SSSR count). The molecule has 0 fully saturated rings. The number of nitrogens with one attached hydrogen (secondary N) is 1. The van der Waals surface area contributed by atoms with E-state index in [0.29, 0.717) is 12.4 Å². The minimum atomic E-state index is -0.303. The van der Waals surface area contributed by atoms with E-state index in [0.717, 1.165) is 9.13 Å². The van der Waals surface area contributed by atoms with Crippen molar-refractivity contribution < 1.29 is 9.21 Å². The largest absolute Gasteiger partial charge is 0.446 e. The number of halogens is 1. The Morgan fingerprint density at radius 1 is 1.48 bits per heavy atom. The lowest BCUT2D eigenvalue weighted by atomic mass is 10.1. The summed E-state index contributed by atoms with van der Waals surface area (Å²) in [5, 5.41) is 2.82. The van der Waals surface area contributed by atoms with Crippen molar-refractivity contribution in [1.82, 2.24) is 10.3 Å². The molecule has 0 saturated heterocycles. The summed E-state index contributed by atoms with van der Waals surface area (Å²) in [6.07, 6.45) is 1.35. The number of nitrogens with zero attached hydrogens (tertiary/aromatic N) is 1. The van der Waals surface area contributed by atoms with Gasteiger partial charge in [-0.1, -0.05) is 26.0 Å². The zero-order valence-corrected chi connectivity index (χ0v) is 14.1. The fourth-order valence-corrected chi connectivity index (χ4v) is 2.36. The number of rotatable bonds is 5. The summed E-state index contributed by atoms with van der Waals surface area (Å²) in [5.74, 6) is 0.329. The molecule has 1 unspecified atom stereocenters. The Hall–Kier alpha value is -1.41. The van der Waals surface area contributed by atoms with Gasteiger partial charge in [-0.05, 0) is 46.2 Å². The predicted octanol–water partition coefficient (Wildman–Crippen LogP) is 2.87. The van der Waals surface area contributed by atoms with Crippen molar-refractivity contribution in [3.05, 3.63) is 51.2 Å². The molecule has 112 valence electrons. The third kappa shape index (κ3) is 4.28. The van der Waals surface area contributed by atoms with Crippen LogP contribution in [0.3, 0.4) is 0 Å². The number of benzene rings is 1. The molecule has 1 atom stereocenters. The van der Waals surface area contributed by atoms with Gasteiger partial charge in [-0.3, -0.25) is 4.79 Å². The zero-order chi connectivity index (χ0) is 15.4. The summed E-state index contributed by atoms with van der Waals surface area (Å²) >= 11 is 2.24. The quantitative estimate of drug-likeness (QED) is 0.758. The van der Waals surface area contributed by atoms with Crippen molar-refractivity contribution in [3.63, 3.8) is 0 Å². The van der Waals surface area contributed by atoms with Crippen LogP contribution in [0.4, 0.5) is 0 Å². The van der Waals surface area contributed by atoms with Crippen LogP contribution in [0.25, 0.3) is 0 Å². The summed E-state index contributed by atoms with van der Waals surface area (Å²) in [7, 11) is 0. The van der Waals surface area contributed by atoms with E-state index in [9.17, 15) is 4.79 Å². The Labute approximate surface area is 137 Å². The van der Waals surface area contributed by atoms with Gasteiger partial charge in [0.1, 0.15) is 6.26 Å². The lowest BCUT2D eigenvalue weighted by Gasteiger charge is -2.10. The molecule has 2 aromatic rings. The summed E-state index contributed by atoms with van der Waals surface area (Å²) in [6.45, 7) is 4.41. The Kier molecular flexibility index (Phi) is 5.35. The van der Waals surface area contributed by atoms with Crippen molar-refractivity contribution in [3.8, 4) is 0 Å². The third-order valence-electron chi connectivity index (χ3n) is 3.10. The van der Waals surface area contributed by atoms with Gasteiger partial charge < -0.3 is 15.5 Å². The smallest absolute Gasteiger partial charge is 0.273 e. The van der Waals surface area contributed by atoms with Crippen LogP contribution in [0.2, 0.25) is 0 Å². The van der Waals surface area contributed by atoms with E-state index in [1.54, 1.807) is 0 Å². The molecule has 1 heterocycles. The van der Waals surface area contributed by atoms with Gasteiger partial charge in [0.15, 0.2) is 5.69 Å². The molecule has 3 N–H and O–H groups in total. The van der Waals surface area contributed by atoms with E-state index in [1.807, 2.05) is 38.1 Å². The fourth-order valence-electron chi connectivity index (χ4n) is 1.75. The Morgan fingerprint density at radius 3 is 2.90 bits per heavy atom. The standard InChI is InChI=1S/C15H18IN3O2/c1-9(2)13(17)15-19-12(8-21-15)14(20)18-7-10-4-3-5-11(16)6-10/h3-6,8-9,13H,7,17H2,1-2H3,(H,18,20). The lowest BCUT2D eigenvalue weighted by molar-refractivity contribution is 0.0946. The molecule has 21 heavy (non-hydrogen) atoms. The molecule has 1 aromatic carbocycles. The first kappa shape index (κ1) is 16.0. The second kappa shape index (κ2) is 7.04. The molecule has 0 aliphatic heterocycles. The molecule has 0 aliphatic carbocycles. The molecule has 0 spiro atoms. The van der Waals surface area contributed by atoms with E-state index in [4.69, 9.17) is 10.2 Å². The van der Waals surface area contributed by atoms with Gasteiger partial charge in [0.25, 0.3) is 5.91 Å². The van der Waals surface area contributed by atoms with Crippen LogP contribution in [-0.4, -0.2) is 10.9 Å². The van der Waals surface area contributed by atoms with Crippen LogP contribution >= 0.6 is 22.6 Å². The SMILES string of the molecule is CC(C)C(N)c1nc(C(=O)NCc2cccc(I)c2)co1. The van der Waals surface area contributed by atoms with Crippen LogP contribution in [0, 0.1) is 9.49 Å². The maximum absolute atomic E-state index is 12.0. The third-order valence-corrected chi connectivity index (χ3v) is 3.77. The van der Waals surface area contributed by atoms with E-state index in [-0.39, 0.29) is 23.6 Å². The minimum Gasteiger partial charge on any atom is -0.446 e. The zero-order valence-electron chi connectivity index (χ0n) is 12.0. The first-order valence-electron chi connectivity index (χ1n) is 6.71. The van der Waals surface area contributed by atoms with Crippen molar-refractivity contribution in [2.24, 2.45) is 11.7 Å². The number of hydrogen-bond acceptors (Lipinski definition) is 4. The summed E-state index contributed by atoms with van der Waals surface area (Å²) in [4.78, 5) is 16.2. The highest BCUT2D eigenvalue weighted by molar-refractivity contribution is 14.1. The molecule has 0 radical (unpaired) electrons. The van der Waals surface area contributed by atoms with E-state index in [1.165, 1.54) is 6.26 Å². The van der Waals surface area contributed by atoms with Gasteiger partial charge in [-0.25, -0.2) is 4.98 Å². The maximum Gasteiger partial charge on any atom is 0.273 e. The molecule has 5 nitrogen and oxygen atoms in total. The molecular weight excluding hydrogens is 381 g/mol. The first-order chi connectivity index (χ1) is 9.97. The van der Waals surface area contributed by atoms with Crippen LogP contribution in [-0.2, 0) is 6.54 Å². The van der Waals surface area contributed by atoms with Gasteiger partial charge in [0.2, 0.25) is 5.89 Å². The molecule has 0 saturated carbocycles. The maximum atomic E-state index is 12.0.